The third-order valence-electron chi connectivity index (χ3n) is 7.94. The van der Waals surface area contributed by atoms with E-state index in [2.05, 4.69) is 0 Å². The molecule has 8 atom stereocenters. The predicted molar refractivity (Wildman–Crippen MR) is 77.8 cm³/mol. The van der Waals surface area contributed by atoms with Crippen LogP contribution in [0.4, 0.5) is 0 Å². The molecule has 0 aromatic rings. The molecule has 5 aliphatic rings. The number of hydrogen-bond donors (Lipinski definition) is 0. The van der Waals surface area contributed by atoms with Crippen molar-refractivity contribution in [1.29, 1.82) is 0 Å². The molecule has 22 heavy (non-hydrogen) atoms. The highest BCUT2D eigenvalue weighted by Gasteiger charge is 2.73. The molecule has 0 aromatic carbocycles. The van der Waals surface area contributed by atoms with E-state index in [-0.39, 0.29) is 35.5 Å². The van der Waals surface area contributed by atoms with Crippen molar-refractivity contribution in [3.8, 4) is 0 Å². The summed E-state index contributed by atoms with van der Waals surface area (Å²) < 4.78 is 11.6. The quantitative estimate of drug-likeness (QED) is 0.733. The first-order valence-electron chi connectivity index (χ1n) is 8.81. The number of ether oxygens (including phenoxy) is 2. The lowest BCUT2D eigenvalue weighted by Crippen LogP contribution is -2.51. The summed E-state index contributed by atoms with van der Waals surface area (Å²) in [6, 6.07) is 0. The van der Waals surface area contributed by atoms with Crippen LogP contribution in [0.25, 0.3) is 0 Å². The minimum Gasteiger partial charge on any atom is -0.353 e. The van der Waals surface area contributed by atoms with Gasteiger partial charge in [0.1, 0.15) is 11.6 Å². The molecule has 0 unspecified atom stereocenters. The summed E-state index contributed by atoms with van der Waals surface area (Å²) in [7, 11) is 3.34. The Morgan fingerprint density at radius 1 is 0.773 bits per heavy atom. The average molecular weight is 304 g/mol. The summed E-state index contributed by atoms with van der Waals surface area (Å²) in [5.41, 5.74) is 0. The zero-order chi connectivity index (χ0) is 15.2. The van der Waals surface area contributed by atoms with Gasteiger partial charge in [0.2, 0.25) is 0 Å². The van der Waals surface area contributed by atoms with Gasteiger partial charge in [0.25, 0.3) is 0 Å². The van der Waals surface area contributed by atoms with E-state index in [4.69, 9.17) is 9.47 Å². The SMILES string of the molecule is COC1(OC)[C@@H]2CC[C@H]1[C@H]1C(=O)[C@@H]3[C@@H]4CC[C@@H](C4)[C@@H]3C(=O)[C@H]12. The molecule has 0 N–H and O–H groups in total. The maximum absolute atomic E-state index is 13.3. The molecule has 0 heterocycles. The second-order valence-electron chi connectivity index (χ2n) is 8.16. The monoisotopic (exact) mass is 304 g/mol. The largest absolute Gasteiger partial charge is 0.353 e. The molecule has 0 aromatic heterocycles. The molecule has 5 aliphatic carbocycles. The van der Waals surface area contributed by atoms with Gasteiger partial charge < -0.3 is 9.47 Å². The van der Waals surface area contributed by atoms with Crippen LogP contribution >= 0.6 is 0 Å². The number of carbonyl (C=O) groups is 2. The molecule has 5 saturated carbocycles. The number of fused-ring (bicyclic) bond motifs is 10. The number of rotatable bonds is 2. The van der Waals surface area contributed by atoms with E-state index in [1.54, 1.807) is 14.2 Å². The fourth-order valence-corrected chi connectivity index (χ4v) is 7.39. The summed E-state index contributed by atoms with van der Waals surface area (Å²) in [6.45, 7) is 0. The van der Waals surface area contributed by atoms with Gasteiger partial charge >= 0.3 is 0 Å². The van der Waals surface area contributed by atoms with Gasteiger partial charge in [-0.15, -0.1) is 0 Å². The van der Waals surface area contributed by atoms with Gasteiger partial charge in [-0.3, -0.25) is 9.59 Å². The van der Waals surface area contributed by atoms with Crippen LogP contribution in [0.3, 0.4) is 0 Å². The first-order valence-corrected chi connectivity index (χ1v) is 8.81. The minimum atomic E-state index is -0.696. The van der Waals surface area contributed by atoms with Crippen LogP contribution in [-0.2, 0) is 19.1 Å². The molecule has 4 heteroatoms. The number of methoxy groups -OCH3 is 2. The average Bonchev–Trinajstić information content (AvgIpc) is 3.28. The van der Waals surface area contributed by atoms with Crippen LogP contribution in [-0.4, -0.2) is 31.6 Å². The lowest BCUT2D eigenvalue weighted by atomic mass is 9.58. The van der Waals surface area contributed by atoms with Crippen LogP contribution in [0, 0.1) is 47.3 Å². The number of hydrogen-bond acceptors (Lipinski definition) is 4. The minimum absolute atomic E-state index is 0.0262. The van der Waals surface area contributed by atoms with Crippen molar-refractivity contribution in [2.45, 2.75) is 37.9 Å². The molecule has 120 valence electrons. The van der Waals surface area contributed by atoms with E-state index in [9.17, 15) is 9.59 Å². The van der Waals surface area contributed by atoms with Crippen molar-refractivity contribution >= 4 is 11.6 Å². The number of ketones is 2. The summed E-state index contributed by atoms with van der Waals surface area (Å²) in [6.07, 6.45) is 5.32. The van der Waals surface area contributed by atoms with Gasteiger partial charge in [-0.2, -0.15) is 0 Å². The van der Waals surface area contributed by atoms with E-state index in [1.807, 2.05) is 0 Å². The first kappa shape index (κ1) is 13.7. The molecule has 4 bridgehead atoms. The Labute approximate surface area is 130 Å². The van der Waals surface area contributed by atoms with Gasteiger partial charge in [-0.25, -0.2) is 0 Å². The highest BCUT2D eigenvalue weighted by atomic mass is 16.7. The Balaban J connectivity index is 1.60. The van der Waals surface area contributed by atoms with Crippen LogP contribution in [0.2, 0.25) is 0 Å². The van der Waals surface area contributed by atoms with E-state index < -0.39 is 5.79 Å². The van der Waals surface area contributed by atoms with Crippen molar-refractivity contribution in [2.75, 3.05) is 14.2 Å². The maximum Gasteiger partial charge on any atom is 0.174 e. The Morgan fingerprint density at radius 2 is 1.23 bits per heavy atom. The molecule has 4 nitrogen and oxygen atoms in total. The highest BCUT2D eigenvalue weighted by molar-refractivity contribution is 6.01. The normalized spacial score (nSPS) is 53.9. The molecular formula is C18H24O4. The maximum atomic E-state index is 13.3. The predicted octanol–water partition coefficient (Wildman–Crippen LogP) is 2.06. The summed E-state index contributed by atoms with van der Waals surface area (Å²) in [5.74, 6) is 0.966. The van der Waals surface area contributed by atoms with Crippen LogP contribution in [0.1, 0.15) is 32.1 Å². The summed E-state index contributed by atoms with van der Waals surface area (Å²) >= 11 is 0. The van der Waals surface area contributed by atoms with E-state index in [1.165, 1.54) is 0 Å². The standard InChI is InChI=1S/C18H24O4/c1-21-18(22-2)10-5-6-11(18)15-14(10)16(19)12-8-3-4-9(7-8)13(12)17(15)20/h8-15H,3-7H2,1-2H3/t8-,9+,10+,11-,12-,13+,14-,15+. The van der Waals surface area contributed by atoms with Gasteiger partial charge in [0.05, 0.1) is 0 Å². The number of carbonyl (C=O) groups excluding carboxylic acids is 2. The molecule has 0 amide bonds. The van der Waals surface area contributed by atoms with E-state index in [0.717, 1.165) is 32.1 Å². The molecular weight excluding hydrogens is 280 g/mol. The van der Waals surface area contributed by atoms with Crippen LogP contribution in [0.15, 0.2) is 0 Å². The second-order valence-corrected chi connectivity index (χ2v) is 8.16. The lowest BCUT2D eigenvalue weighted by molar-refractivity contribution is -0.238. The fourth-order valence-electron chi connectivity index (χ4n) is 7.39. The van der Waals surface area contributed by atoms with Crippen molar-refractivity contribution in [1.82, 2.24) is 0 Å². The zero-order valence-electron chi connectivity index (χ0n) is 13.3. The second kappa shape index (κ2) is 4.21. The number of Topliss-reactive ketones (excluding diaryl/α,β-unsaturated/α-hetero) is 2. The Morgan fingerprint density at radius 3 is 1.64 bits per heavy atom. The van der Waals surface area contributed by atoms with Gasteiger partial charge in [-0.05, 0) is 43.9 Å². The van der Waals surface area contributed by atoms with Crippen LogP contribution < -0.4 is 0 Å². The third kappa shape index (κ3) is 1.26. The molecule has 0 spiro atoms. The smallest absolute Gasteiger partial charge is 0.174 e. The van der Waals surface area contributed by atoms with Crippen molar-refractivity contribution in [3.05, 3.63) is 0 Å². The molecule has 0 radical (unpaired) electrons. The van der Waals surface area contributed by atoms with E-state index >= 15 is 0 Å². The van der Waals surface area contributed by atoms with Crippen molar-refractivity contribution < 1.29 is 19.1 Å². The third-order valence-corrected chi connectivity index (χ3v) is 7.94. The molecule has 5 fully saturated rings. The molecule has 0 aliphatic heterocycles. The van der Waals surface area contributed by atoms with E-state index in [0.29, 0.717) is 23.4 Å². The Hall–Kier alpha value is -0.740. The molecule has 0 saturated heterocycles. The summed E-state index contributed by atoms with van der Waals surface area (Å²) in [4.78, 5) is 26.5. The van der Waals surface area contributed by atoms with Crippen molar-refractivity contribution in [2.24, 2.45) is 47.3 Å². The fraction of sp³-hybridized carbons (Fsp3) is 0.889. The zero-order valence-corrected chi connectivity index (χ0v) is 13.3. The first-order chi connectivity index (χ1) is 10.6. The summed E-state index contributed by atoms with van der Waals surface area (Å²) in [5, 5.41) is 0. The van der Waals surface area contributed by atoms with Crippen LogP contribution in [0.5, 0.6) is 0 Å². The van der Waals surface area contributed by atoms with Gasteiger partial charge in [0.15, 0.2) is 5.79 Å². The Kier molecular flexibility index (Phi) is 2.62. The van der Waals surface area contributed by atoms with Gasteiger partial charge in [-0.1, -0.05) is 0 Å². The topological polar surface area (TPSA) is 52.6 Å². The van der Waals surface area contributed by atoms with Crippen molar-refractivity contribution in [3.63, 3.8) is 0 Å². The lowest BCUT2D eigenvalue weighted by Gasteiger charge is -2.42. The Bertz CT molecular complexity index is 507. The highest BCUT2D eigenvalue weighted by Crippen LogP contribution is 2.67. The van der Waals surface area contributed by atoms with Gasteiger partial charge in [0, 0.05) is 49.7 Å². The molecule has 5 rings (SSSR count).